The fourth-order valence-electron chi connectivity index (χ4n) is 0.391. The van der Waals surface area contributed by atoms with Gasteiger partial charge in [-0.2, -0.15) is 4.37 Å². The number of nitrogens with zero attached hydrogens (tertiary/aromatic N) is 2. The van der Waals surface area contributed by atoms with Crippen LogP contribution in [0.15, 0.2) is 5.51 Å². The molecule has 0 saturated heterocycles. The highest BCUT2D eigenvalue weighted by molar-refractivity contribution is 7.05. The Morgan fingerprint density at radius 1 is 1.78 bits per heavy atom. The summed E-state index contributed by atoms with van der Waals surface area (Å²) in [5.41, 5.74) is 1.35. The normalized spacial score (nSPS) is 24.6. The van der Waals surface area contributed by atoms with Crippen LogP contribution in [0.5, 0.6) is 0 Å². The Morgan fingerprint density at radius 3 is 3.00 bits per heavy atom. The topological polar surface area (TPSA) is 25.8 Å². The molecule has 1 heterocycles. The van der Waals surface area contributed by atoms with Crippen LogP contribution in [0, 0.1) is 0 Å². The molecule has 0 saturated carbocycles. The van der Waals surface area contributed by atoms with Crippen LogP contribution in [0.3, 0.4) is 0 Å². The zero-order valence-electron chi connectivity index (χ0n) is 10.9. The predicted molar refractivity (Wildman–Crippen MR) is 42.9 cm³/mol. The minimum atomic E-state index is -3.69. The molecule has 1 aromatic rings. The van der Waals surface area contributed by atoms with Gasteiger partial charge in [0.2, 0.25) is 0 Å². The fourth-order valence-corrected chi connectivity index (χ4v) is 2.04. The molecule has 0 fully saturated rings. The lowest BCUT2D eigenvalue weighted by molar-refractivity contribution is 1.38. The Morgan fingerprint density at radius 2 is 2.56 bits per heavy atom. The van der Waals surface area contributed by atoms with E-state index < -0.39 is 21.0 Å². The number of hydrogen-bond acceptors (Lipinski definition) is 3. The van der Waals surface area contributed by atoms with Gasteiger partial charge in [-0.25, -0.2) is 4.98 Å². The van der Waals surface area contributed by atoms with Gasteiger partial charge in [-0.15, -0.1) is 0 Å². The second-order valence-corrected chi connectivity index (χ2v) is 5.18. The second-order valence-electron chi connectivity index (χ2n) is 1.88. The quantitative estimate of drug-likeness (QED) is 0.581. The van der Waals surface area contributed by atoms with E-state index in [1.165, 1.54) is 12.1 Å². The van der Waals surface area contributed by atoms with Crippen LogP contribution in [0.1, 0.15) is 8.22 Å². The molecule has 0 amide bonds. The molecule has 0 unspecified atom stereocenters. The maximum atomic E-state index is 7.38. The van der Waals surface area contributed by atoms with Gasteiger partial charge in [-0.05, 0) is 11.5 Å². The third-order valence-corrected chi connectivity index (χ3v) is 2.58. The summed E-state index contributed by atoms with van der Waals surface area (Å²) >= 11 is 0.972. The Balaban J connectivity index is 3.33. The van der Waals surface area contributed by atoms with Gasteiger partial charge >= 0.3 is 0 Å². The molecule has 0 aliphatic rings. The highest BCUT2D eigenvalue weighted by Gasteiger charge is 2.19. The van der Waals surface area contributed by atoms with Crippen LogP contribution in [0.2, 0.25) is 19.5 Å². The van der Waals surface area contributed by atoms with Crippen molar-refractivity contribution in [1.29, 1.82) is 0 Å². The second kappa shape index (κ2) is 2.19. The summed E-state index contributed by atoms with van der Waals surface area (Å²) in [5.74, 6) is 0. The van der Waals surface area contributed by atoms with E-state index in [0.717, 1.165) is 11.5 Å². The lowest BCUT2D eigenvalue weighted by Crippen LogP contribution is -2.40. The molecule has 0 spiro atoms. The van der Waals surface area contributed by atoms with Crippen molar-refractivity contribution >= 4 is 25.1 Å². The molecule has 0 aliphatic carbocycles. The largest absolute Gasteiger partial charge is 0.233 e. The van der Waals surface area contributed by atoms with E-state index in [0.29, 0.717) is 0 Å². The van der Waals surface area contributed by atoms with Crippen molar-refractivity contribution in [1.82, 2.24) is 9.36 Å². The predicted octanol–water partition coefficient (Wildman–Crippen LogP) is 1.08. The third-order valence-electron chi connectivity index (χ3n) is 0.809. The molecule has 2 nitrogen and oxygen atoms in total. The van der Waals surface area contributed by atoms with E-state index in [-0.39, 0.29) is 5.45 Å². The summed E-state index contributed by atoms with van der Waals surface area (Å²) in [6.45, 7) is -3.77. The fraction of sp³-hybridized carbons (Fsp3) is 0.600. The maximum absolute atomic E-state index is 7.38. The first kappa shape index (κ1) is 2.43. The van der Waals surface area contributed by atoms with Crippen LogP contribution in [-0.2, 0) is 0 Å². The number of rotatable bonds is 1. The molecule has 0 radical (unpaired) electrons. The van der Waals surface area contributed by atoms with Crippen molar-refractivity contribution < 1.29 is 8.22 Å². The van der Waals surface area contributed by atoms with Crippen LogP contribution in [-0.4, -0.2) is 17.4 Å². The van der Waals surface area contributed by atoms with Crippen molar-refractivity contribution in [2.75, 3.05) is 0 Å². The van der Waals surface area contributed by atoms with E-state index in [9.17, 15) is 0 Å². The van der Waals surface area contributed by atoms with E-state index in [2.05, 4.69) is 9.36 Å². The molecule has 0 aromatic carbocycles. The van der Waals surface area contributed by atoms with Gasteiger partial charge < -0.3 is 0 Å². The van der Waals surface area contributed by atoms with Gasteiger partial charge in [0, 0.05) is 8.22 Å². The van der Waals surface area contributed by atoms with Crippen molar-refractivity contribution in [3.8, 4) is 0 Å². The van der Waals surface area contributed by atoms with Gasteiger partial charge in [0.1, 0.15) is 13.5 Å². The summed E-state index contributed by atoms with van der Waals surface area (Å²) in [6.07, 6.45) is 0. The minimum Gasteiger partial charge on any atom is -0.233 e. The maximum Gasteiger partial charge on any atom is 0.127 e. The van der Waals surface area contributed by atoms with E-state index >= 15 is 0 Å². The summed E-state index contributed by atoms with van der Waals surface area (Å²) in [5, 5.41) is 0. The van der Waals surface area contributed by atoms with Crippen LogP contribution in [0.4, 0.5) is 0 Å². The third kappa shape index (κ3) is 1.59. The molecule has 4 heteroatoms. The van der Waals surface area contributed by atoms with Crippen LogP contribution >= 0.6 is 11.5 Å². The van der Waals surface area contributed by atoms with E-state index in [1.54, 1.807) is 0 Å². The standard InChI is InChI=1S/C5H10N2SSi/c1-9(2,3)5-6-4-8-7-5/h4H,1-3H3/i1D3,2D3. The Hall–Kier alpha value is -0.223. The number of aromatic nitrogens is 2. The summed E-state index contributed by atoms with van der Waals surface area (Å²) in [6, 6.07) is 0. The zero-order valence-corrected chi connectivity index (χ0v) is 6.70. The van der Waals surface area contributed by atoms with Crippen LogP contribution < -0.4 is 5.45 Å². The molecule has 0 atom stereocenters. The van der Waals surface area contributed by atoms with Gasteiger partial charge in [0.05, 0.1) is 5.51 Å². The molecular weight excluding hydrogens is 148 g/mol. The van der Waals surface area contributed by atoms with Gasteiger partial charge in [-0.3, -0.25) is 0 Å². The van der Waals surface area contributed by atoms with E-state index in [4.69, 9.17) is 8.22 Å². The smallest absolute Gasteiger partial charge is 0.127 e. The monoisotopic (exact) mass is 164 g/mol. The highest BCUT2D eigenvalue weighted by Crippen LogP contribution is 1.98. The Labute approximate surface area is 68.6 Å². The number of hydrogen-bond donors (Lipinski definition) is 0. The SMILES string of the molecule is [2H]C([2H])([2H])[Si](C)(c1ncsn1)C([2H])([2H])[2H]. The zero-order chi connectivity index (χ0) is 11.9. The average Bonchev–Trinajstić information content (AvgIpc) is 2.49. The Bertz CT molecular complexity index is 316. The molecule has 0 bridgehead atoms. The average molecular weight is 164 g/mol. The molecule has 1 rings (SSSR count). The van der Waals surface area contributed by atoms with Gasteiger partial charge in [0.25, 0.3) is 0 Å². The minimum absolute atomic E-state index is 0.00694. The first-order chi connectivity index (χ1) is 6.61. The van der Waals surface area contributed by atoms with Crippen molar-refractivity contribution in [2.24, 2.45) is 0 Å². The lowest BCUT2D eigenvalue weighted by Gasteiger charge is -2.08. The van der Waals surface area contributed by atoms with Crippen molar-refractivity contribution in [3.63, 3.8) is 0 Å². The summed E-state index contributed by atoms with van der Waals surface area (Å²) in [4.78, 5) is 3.77. The molecule has 50 valence electrons. The Kier molecular flexibility index (Phi) is 0.591. The van der Waals surface area contributed by atoms with Gasteiger partial charge in [-0.1, -0.05) is 19.5 Å². The molecule has 1 aromatic heterocycles. The van der Waals surface area contributed by atoms with E-state index in [1.807, 2.05) is 0 Å². The van der Waals surface area contributed by atoms with Crippen LogP contribution in [0.25, 0.3) is 0 Å². The molecule has 9 heavy (non-hydrogen) atoms. The molecule has 0 aliphatic heterocycles. The van der Waals surface area contributed by atoms with Gasteiger partial charge in [0.15, 0.2) is 0 Å². The molecular formula is C5H10N2SSi. The first-order valence-corrected chi connectivity index (χ1v) is 5.71. The highest BCUT2D eigenvalue weighted by atomic mass is 32.1. The summed E-state index contributed by atoms with van der Waals surface area (Å²) < 4.78 is 48.1. The summed E-state index contributed by atoms with van der Waals surface area (Å²) in [7, 11) is -3.69. The van der Waals surface area contributed by atoms with Crippen molar-refractivity contribution in [3.05, 3.63) is 5.51 Å². The van der Waals surface area contributed by atoms with Crippen molar-refractivity contribution in [2.45, 2.75) is 19.5 Å². The lowest BCUT2D eigenvalue weighted by atomic mass is 11.3. The molecule has 0 N–H and O–H groups in total. The first-order valence-electron chi connectivity index (χ1n) is 5.37.